The van der Waals surface area contributed by atoms with Gasteiger partial charge in [0.25, 0.3) is 0 Å². The lowest BCUT2D eigenvalue weighted by molar-refractivity contribution is -0.0211. The minimum atomic E-state index is 0.252. The monoisotopic (exact) mass is 235 g/mol. The van der Waals surface area contributed by atoms with E-state index in [0.29, 0.717) is 12.6 Å². The summed E-state index contributed by atoms with van der Waals surface area (Å²) in [6, 6.07) is 2.71. The number of ether oxygens (including phenoxy) is 1. The first-order chi connectivity index (χ1) is 8.24. The maximum absolute atomic E-state index is 5.96. The molecule has 0 aromatic carbocycles. The first kappa shape index (κ1) is 12.5. The standard InChI is InChI=1S/C13H21N3O/c1-10-3-4-15-8-12(10)13(7-14)16-5-6-17-9-11(16)2/h3-4,8,11,13H,5-7,9,14H2,1-2H3. The highest BCUT2D eigenvalue weighted by Gasteiger charge is 2.27. The first-order valence-corrected chi connectivity index (χ1v) is 6.18. The van der Waals surface area contributed by atoms with Crippen LogP contribution in [0.1, 0.15) is 24.1 Å². The molecule has 0 aliphatic carbocycles. The highest BCUT2D eigenvalue weighted by molar-refractivity contribution is 5.25. The normalized spacial score (nSPS) is 23.6. The Labute approximate surface area is 103 Å². The maximum Gasteiger partial charge on any atom is 0.0620 e. The number of hydrogen-bond donors (Lipinski definition) is 1. The Morgan fingerprint density at radius 1 is 1.65 bits per heavy atom. The number of rotatable bonds is 3. The van der Waals surface area contributed by atoms with Gasteiger partial charge in [-0.25, -0.2) is 0 Å². The van der Waals surface area contributed by atoms with E-state index in [4.69, 9.17) is 10.5 Å². The molecule has 1 fully saturated rings. The molecule has 94 valence electrons. The summed E-state index contributed by atoms with van der Waals surface area (Å²) in [6.07, 6.45) is 3.77. The zero-order valence-corrected chi connectivity index (χ0v) is 10.6. The Bertz CT molecular complexity index is 369. The van der Waals surface area contributed by atoms with Gasteiger partial charge in [0.2, 0.25) is 0 Å². The summed E-state index contributed by atoms with van der Waals surface area (Å²) < 4.78 is 5.47. The van der Waals surface area contributed by atoms with E-state index >= 15 is 0 Å². The fourth-order valence-corrected chi connectivity index (χ4v) is 2.47. The van der Waals surface area contributed by atoms with Crippen LogP contribution in [0.15, 0.2) is 18.5 Å². The van der Waals surface area contributed by atoms with Crippen molar-refractivity contribution in [1.29, 1.82) is 0 Å². The summed E-state index contributed by atoms with van der Waals surface area (Å²) in [4.78, 5) is 6.64. The van der Waals surface area contributed by atoms with Crippen molar-refractivity contribution in [3.05, 3.63) is 29.6 Å². The van der Waals surface area contributed by atoms with Crippen molar-refractivity contribution in [2.24, 2.45) is 5.73 Å². The number of morpholine rings is 1. The lowest BCUT2D eigenvalue weighted by Crippen LogP contribution is -2.47. The number of hydrogen-bond acceptors (Lipinski definition) is 4. The highest BCUT2D eigenvalue weighted by Crippen LogP contribution is 2.25. The predicted molar refractivity (Wildman–Crippen MR) is 67.8 cm³/mol. The second-order valence-corrected chi connectivity index (χ2v) is 4.65. The Balaban J connectivity index is 2.23. The zero-order chi connectivity index (χ0) is 12.3. The van der Waals surface area contributed by atoms with Gasteiger partial charge in [-0.2, -0.15) is 0 Å². The molecular weight excluding hydrogens is 214 g/mol. The van der Waals surface area contributed by atoms with Crippen molar-refractivity contribution in [3.63, 3.8) is 0 Å². The lowest BCUT2D eigenvalue weighted by Gasteiger charge is -2.39. The van der Waals surface area contributed by atoms with Crippen molar-refractivity contribution in [2.75, 3.05) is 26.3 Å². The molecule has 1 aliphatic heterocycles. The first-order valence-electron chi connectivity index (χ1n) is 6.18. The second-order valence-electron chi connectivity index (χ2n) is 4.65. The van der Waals surface area contributed by atoms with Gasteiger partial charge in [0.15, 0.2) is 0 Å². The molecule has 4 heteroatoms. The quantitative estimate of drug-likeness (QED) is 0.852. The summed E-state index contributed by atoms with van der Waals surface area (Å²) in [5, 5.41) is 0. The minimum absolute atomic E-state index is 0.252. The van der Waals surface area contributed by atoms with Gasteiger partial charge in [0.1, 0.15) is 0 Å². The third-order valence-corrected chi connectivity index (χ3v) is 3.48. The smallest absolute Gasteiger partial charge is 0.0620 e. The topological polar surface area (TPSA) is 51.4 Å². The third kappa shape index (κ3) is 2.65. The molecule has 0 saturated carbocycles. The van der Waals surface area contributed by atoms with E-state index in [0.717, 1.165) is 19.8 Å². The summed E-state index contributed by atoms with van der Waals surface area (Å²) >= 11 is 0. The molecular formula is C13H21N3O. The van der Waals surface area contributed by atoms with E-state index in [1.807, 2.05) is 18.5 Å². The molecule has 17 heavy (non-hydrogen) atoms. The van der Waals surface area contributed by atoms with E-state index < -0.39 is 0 Å². The molecule has 0 spiro atoms. The Morgan fingerprint density at radius 2 is 2.47 bits per heavy atom. The van der Waals surface area contributed by atoms with Crippen LogP contribution in [0.25, 0.3) is 0 Å². The molecule has 1 aromatic rings. The van der Waals surface area contributed by atoms with Gasteiger partial charge in [-0.05, 0) is 31.0 Å². The summed E-state index contributed by atoms with van der Waals surface area (Å²) in [6.45, 7) is 7.45. The average molecular weight is 235 g/mol. The Hall–Kier alpha value is -0.970. The van der Waals surface area contributed by atoms with E-state index in [-0.39, 0.29) is 6.04 Å². The number of aryl methyl sites for hydroxylation is 1. The van der Waals surface area contributed by atoms with Crippen LogP contribution in [0, 0.1) is 6.92 Å². The molecule has 2 atom stereocenters. The molecule has 4 nitrogen and oxygen atoms in total. The summed E-state index contributed by atoms with van der Waals surface area (Å²) in [5.41, 5.74) is 8.45. The van der Waals surface area contributed by atoms with Crippen molar-refractivity contribution in [2.45, 2.75) is 25.9 Å². The fraction of sp³-hybridized carbons (Fsp3) is 0.615. The minimum Gasteiger partial charge on any atom is -0.379 e. The van der Waals surface area contributed by atoms with Crippen LogP contribution >= 0.6 is 0 Å². The summed E-state index contributed by atoms with van der Waals surface area (Å²) in [5.74, 6) is 0. The van der Waals surface area contributed by atoms with Gasteiger partial charge in [0, 0.05) is 37.6 Å². The van der Waals surface area contributed by atoms with E-state index in [1.165, 1.54) is 11.1 Å². The van der Waals surface area contributed by atoms with Crippen LogP contribution in [-0.4, -0.2) is 42.2 Å². The van der Waals surface area contributed by atoms with Gasteiger partial charge >= 0.3 is 0 Å². The molecule has 1 aromatic heterocycles. The Kier molecular flexibility index (Phi) is 4.10. The van der Waals surface area contributed by atoms with Crippen molar-refractivity contribution >= 4 is 0 Å². The number of nitrogens with zero attached hydrogens (tertiary/aromatic N) is 2. The zero-order valence-electron chi connectivity index (χ0n) is 10.6. The summed E-state index contributed by atoms with van der Waals surface area (Å²) in [7, 11) is 0. The number of pyridine rings is 1. The van der Waals surface area contributed by atoms with Crippen LogP contribution in [0.2, 0.25) is 0 Å². The molecule has 2 heterocycles. The van der Waals surface area contributed by atoms with E-state index in [1.54, 1.807) is 0 Å². The molecule has 0 amide bonds. The predicted octanol–water partition coefficient (Wildman–Crippen LogP) is 1.11. The maximum atomic E-state index is 5.96. The number of nitrogens with two attached hydrogens (primary N) is 1. The molecule has 1 saturated heterocycles. The third-order valence-electron chi connectivity index (χ3n) is 3.48. The van der Waals surface area contributed by atoms with Gasteiger partial charge in [-0.15, -0.1) is 0 Å². The van der Waals surface area contributed by atoms with E-state index in [2.05, 4.69) is 23.7 Å². The molecule has 0 bridgehead atoms. The van der Waals surface area contributed by atoms with Gasteiger partial charge in [-0.3, -0.25) is 9.88 Å². The molecule has 2 rings (SSSR count). The van der Waals surface area contributed by atoms with Crippen LogP contribution in [0.3, 0.4) is 0 Å². The van der Waals surface area contributed by atoms with Crippen LogP contribution in [0.5, 0.6) is 0 Å². The molecule has 2 N–H and O–H groups in total. The average Bonchev–Trinajstić information content (AvgIpc) is 2.34. The lowest BCUT2D eigenvalue weighted by atomic mass is 10.0. The largest absolute Gasteiger partial charge is 0.379 e. The van der Waals surface area contributed by atoms with Gasteiger partial charge < -0.3 is 10.5 Å². The molecule has 2 unspecified atom stereocenters. The van der Waals surface area contributed by atoms with Gasteiger partial charge in [-0.1, -0.05) is 0 Å². The fourth-order valence-electron chi connectivity index (χ4n) is 2.47. The molecule has 1 aliphatic rings. The van der Waals surface area contributed by atoms with Crippen molar-refractivity contribution in [3.8, 4) is 0 Å². The van der Waals surface area contributed by atoms with Gasteiger partial charge in [0.05, 0.1) is 13.2 Å². The van der Waals surface area contributed by atoms with Crippen LogP contribution in [-0.2, 0) is 4.74 Å². The van der Waals surface area contributed by atoms with Crippen LogP contribution in [0.4, 0.5) is 0 Å². The van der Waals surface area contributed by atoms with Crippen molar-refractivity contribution in [1.82, 2.24) is 9.88 Å². The van der Waals surface area contributed by atoms with Crippen LogP contribution < -0.4 is 5.73 Å². The van der Waals surface area contributed by atoms with Crippen molar-refractivity contribution < 1.29 is 4.74 Å². The number of aromatic nitrogens is 1. The SMILES string of the molecule is Cc1ccncc1C(CN)N1CCOCC1C. The second kappa shape index (κ2) is 5.58. The molecule has 0 radical (unpaired) electrons. The highest BCUT2D eigenvalue weighted by atomic mass is 16.5. The Morgan fingerprint density at radius 3 is 3.12 bits per heavy atom. The van der Waals surface area contributed by atoms with E-state index in [9.17, 15) is 0 Å².